The molecule has 10 heteroatoms. The van der Waals surface area contributed by atoms with Crippen LogP contribution in [0.1, 0.15) is 48.0 Å². The summed E-state index contributed by atoms with van der Waals surface area (Å²) in [7, 11) is 1.74. The van der Waals surface area contributed by atoms with Crippen LogP contribution in [0.3, 0.4) is 0 Å². The van der Waals surface area contributed by atoms with E-state index in [0.29, 0.717) is 6.61 Å². The van der Waals surface area contributed by atoms with Crippen molar-refractivity contribution in [1.29, 1.82) is 0 Å². The molecule has 10 nitrogen and oxygen atoms in total. The van der Waals surface area contributed by atoms with Crippen molar-refractivity contribution in [3.8, 4) is 0 Å². The van der Waals surface area contributed by atoms with Gasteiger partial charge in [-0.2, -0.15) is 5.06 Å². The number of hydrogen-bond acceptors (Lipinski definition) is 8. The maximum absolute atomic E-state index is 12.3. The van der Waals surface area contributed by atoms with Gasteiger partial charge in [0.25, 0.3) is 11.8 Å². The molecule has 0 aromatic carbocycles. The van der Waals surface area contributed by atoms with Gasteiger partial charge in [0.2, 0.25) is 5.91 Å². The summed E-state index contributed by atoms with van der Waals surface area (Å²) in [5.41, 5.74) is -0.535. The van der Waals surface area contributed by atoms with Crippen molar-refractivity contribution in [2.45, 2.75) is 71.9 Å². The predicted octanol–water partition coefficient (Wildman–Crippen LogP) is 1.25. The Morgan fingerprint density at radius 1 is 1.09 bits per heavy atom. The van der Waals surface area contributed by atoms with Gasteiger partial charge in [0.1, 0.15) is 12.8 Å². The Hall–Kier alpha value is -1.85. The summed E-state index contributed by atoms with van der Waals surface area (Å²) < 4.78 is 17.2. The molecular formula is C22H39N3O7. The van der Waals surface area contributed by atoms with Gasteiger partial charge in [0, 0.05) is 38.7 Å². The van der Waals surface area contributed by atoms with E-state index in [0.717, 1.165) is 4.90 Å². The zero-order valence-electron chi connectivity index (χ0n) is 20.4. The maximum atomic E-state index is 12.3. The number of ether oxygens (including phenoxy) is 3. The standard InChI is InChI=1S/C22H39N3O7/c1-16(2)29-14-22(5,6)31-13-18(32-24(7)15-30-17(3)4)12-23-19(26)10-11-25-20(27)8-9-21(25)28/h8-9,16-18H,10-15H2,1-7H3,(H,23,26). The minimum Gasteiger partial charge on any atom is -0.376 e. The van der Waals surface area contributed by atoms with Gasteiger partial charge in [-0.05, 0) is 41.5 Å². The second-order valence-corrected chi connectivity index (χ2v) is 8.85. The van der Waals surface area contributed by atoms with E-state index in [1.54, 1.807) is 12.1 Å². The lowest BCUT2D eigenvalue weighted by molar-refractivity contribution is -0.244. The molecule has 1 aliphatic heterocycles. The maximum Gasteiger partial charge on any atom is 0.253 e. The Labute approximate surface area is 191 Å². The smallest absolute Gasteiger partial charge is 0.253 e. The molecule has 0 bridgehead atoms. The van der Waals surface area contributed by atoms with E-state index in [4.69, 9.17) is 19.0 Å². The minimum atomic E-state index is -0.535. The summed E-state index contributed by atoms with van der Waals surface area (Å²) in [6.45, 7) is 12.7. The molecule has 32 heavy (non-hydrogen) atoms. The number of rotatable bonds is 16. The Balaban J connectivity index is 2.56. The number of imide groups is 1. The second-order valence-electron chi connectivity index (χ2n) is 8.85. The van der Waals surface area contributed by atoms with Crippen molar-refractivity contribution in [3.05, 3.63) is 12.2 Å². The third-order valence-corrected chi connectivity index (χ3v) is 4.33. The molecule has 0 aromatic rings. The molecule has 1 unspecified atom stereocenters. The van der Waals surface area contributed by atoms with Crippen LogP contribution in [0.5, 0.6) is 0 Å². The molecule has 0 radical (unpaired) electrons. The van der Waals surface area contributed by atoms with Crippen LogP contribution in [0.4, 0.5) is 0 Å². The summed E-state index contributed by atoms with van der Waals surface area (Å²) in [5, 5.41) is 4.33. The van der Waals surface area contributed by atoms with Crippen LogP contribution < -0.4 is 5.32 Å². The van der Waals surface area contributed by atoms with Crippen LogP contribution in [0.25, 0.3) is 0 Å². The van der Waals surface area contributed by atoms with Gasteiger partial charge in [0.05, 0.1) is 31.0 Å². The fourth-order valence-corrected chi connectivity index (χ4v) is 2.57. The molecule has 0 aliphatic carbocycles. The highest BCUT2D eigenvalue weighted by molar-refractivity contribution is 6.13. The highest BCUT2D eigenvalue weighted by Gasteiger charge is 2.25. The SMILES string of the molecule is CC(C)OCN(C)OC(CNC(=O)CCN1C(=O)C=CC1=O)COC(C)(C)COC(C)C. The van der Waals surface area contributed by atoms with E-state index in [-0.39, 0.29) is 51.0 Å². The molecule has 1 N–H and O–H groups in total. The number of carbonyl (C=O) groups is 3. The molecule has 1 heterocycles. The number of amides is 3. The van der Waals surface area contributed by atoms with Crippen LogP contribution in [-0.2, 0) is 33.4 Å². The molecule has 3 amide bonds. The van der Waals surface area contributed by atoms with Crippen molar-refractivity contribution < 1.29 is 33.4 Å². The molecule has 0 saturated heterocycles. The highest BCUT2D eigenvalue weighted by atomic mass is 16.7. The first-order chi connectivity index (χ1) is 14.9. The van der Waals surface area contributed by atoms with Gasteiger partial charge in [-0.1, -0.05) is 0 Å². The molecule has 1 rings (SSSR count). The zero-order valence-corrected chi connectivity index (χ0v) is 20.4. The summed E-state index contributed by atoms with van der Waals surface area (Å²) >= 11 is 0. The van der Waals surface area contributed by atoms with Crippen molar-refractivity contribution >= 4 is 17.7 Å². The molecule has 1 atom stereocenters. The minimum absolute atomic E-state index is 0.00670. The first kappa shape index (κ1) is 28.2. The fourth-order valence-electron chi connectivity index (χ4n) is 2.57. The first-order valence-electron chi connectivity index (χ1n) is 10.9. The van der Waals surface area contributed by atoms with Gasteiger partial charge in [-0.25, -0.2) is 0 Å². The lowest BCUT2D eigenvalue weighted by Crippen LogP contribution is -2.44. The predicted molar refractivity (Wildman–Crippen MR) is 118 cm³/mol. The topological polar surface area (TPSA) is 107 Å². The van der Waals surface area contributed by atoms with Crippen LogP contribution in [0.15, 0.2) is 12.2 Å². The van der Waals surface area contributed by atoms with Gasteiger partial charge in [-0.3, -0.25) is 24.1 Å². The van der Waals surface area contributed by atoms with E-state index in [1.165, 1.54) is 12.2 Å². The number of hydroxylamine groups is 2. The first-order valence-corrected chi connectivity index (χ1v) is 10.9. The van der Waals surface area contributed by atoms with Crippen LogP contribution >= 0.6 is 0 Å². The normalized spacial score (nSPS) is 15.5. The van der Waals surface area contributed by atoms with Crippen molar-refractivity contribution in [2.24, 2.45) is 0 Å². The molecule has 0 spiro atoms. The molecule has 0 saturated carbocycles. The Morgan fingerprint density at radius 3 is 2.25 bits per heavy atom. The summed E-state index contributed by atoms with van der Waals surface area (Å²) in [5.74, 6) is -1.11. The monoisotopic (exact) mass is 457 g/mol. The average Bonchev–Trinajstić information content (AvgIpc) is 3.03. The van der Waals surface area contributed by atoms with Crippen LogP contribution in [0.2, 0.25) is 0 Å². The number of nitrogens with zero attached hydrogens (tertiary/aromatic N) is 2. The van der Waals surface area contributed by atoms with E-state index in [1.807, 2.05) is 41.5 Å². The Kier molecular flexibility index (Phi) is 12.0. The quantitative estimate of drug-likeness (QED) is 0.210. The van der Waals surface area contributed by atoms with E-state index in [9.17, 15) is 14.4 Å². The number of hydrogen-bond donors (Lipinski definition) is 1. The number of carbonyl (C=O) groups excluding carboxylic acids is 3. The summed E-state index contributed by atoms with van der Waals surface area (Å²) in [6, 6.07) is 0. The summed E-state index contributed by atoms with van der Waals surface area (Å²) in [4.78, 5) is 42.4. The second kappa shape index (κ2) is 13.6. The van der Waals surface area contributed by atoms with Crippen molar-refractivity contribution in [2.75, 3.05) is 40.1 Å². The highest BCUT2D eigenvalue weighted by Crippen LogP contribution is 2.13. The van der Waals surface area contributed by atoms with E-state index in [2.05, 4.69) is 5.32 Å². The van der Waals surface area contributed by atoms with Crippen LogP contribution in [-0.4, -0.2) is 91.7 Å². The van der Waals surface area contributed by atoms with Gasteiger partial charge < -0.3 is 19.5 Å². The molecule has 1 aliphatic rings. The van der Waals surface area contributed by atoms with E-state index >= 15 is 0 Å². The van der Waals surface area contributed by atoms with Gasteiger partial charge in [-0.15, -0.1) is 0 Å². The lowest BCUT2D eigenvalue weighted by Gasteiger charge is -2.30. The third-order valence-electron chi connectivity index (χ3n) is 4.33. The molecule has 184 valence electrons. The van der Waals surface area contributed by atoms with Gasteiger partial charge >= 0.3 is 0 Å². The van der Waals surface area contributed by atoms with Gasteiger partial charge in [0.15, 0.2) is 0 Å². The Morgan fingerprint density at radius 2 is 1.69 bits per heavy atom. The zero-order chi connectivity index (χ0) is 24.3. The largest absolute Gasteiger partial charge is 0.376 e. The van der Waals surface area contributed by atoms with Crippen molar-refractivity contribution in [1.82, 2.24) is 15.3 Å². The van der Waals surface area contributed by atoms with Crippen molar-refractivity contribution in [3.63, 3.8) is 0 Å². The van der Waals surface area contributed by atoms with E-state index < -0.39 is 23.5 Å². The lowest BCUT2D eigenvalue weighted by atomic mass is 10.1. The molecular weight excluding hydrogens is 418 g/mol. The average molecular weight is 458 g/mol. The molecule has 0 fully saturated rings. The third kappa shape index (κ3) is 11.7. The fraction of sp³-hybridized carbons (Fsp3) is 0.773. The summed E-state index contributed by atoms with van der Waals surface area (Å²) in [6.07, 6.45) is 2.06. The Bertz CT molecular complexity index is 631. The molecule has 0 aromatic heterocycles. The number of nitrogens with one attached hydrogen (secondary N) is 1. The van der Waals surface area contributed by atoms with Crippen LogP contribution in [0, 0.1) is 0 Å².